The lowest BCUT2D eigenvalue weighted by Gasteiger charge is -2.19. The topological polar surface area (TPSA) is 33.0 Å². The monoisotopic (exact) mass is 283 g/mol. The number of nitriles is 1. The van der Waals surface area contributed by atoms with E-state index in [0.717, 1.165) is 5.56 Å². The van der Waals surface area contributed by atoms with E-state index in [9.17, 15) is 4.39 Å². The molecule has 0 unspecified atom stereocenters. The number of ether oxygens (including phenoxy) is 1. The summed E-state index contributed by atoms with van der Waals surface area (Å²) in [5.41, 5.74) is 2.56. The van der Waals surface area contributed by atoms with E-state index in [0.29, 0.717) is 6.61 Å². The van der Waals surface area contributed by atoms with Gasteiger partial charge in [0.05, 0.1) is 11.6 Å². The summed E-state index contributed by atoms with van der Waals surface area (Å²) < 4.78 is 19.2. The van der Waals surface area contributed by atoms with E-state index in [1.807, 2.05) is 18.2 Å². The highest BCUT2D eigenvalue weighted by Crippen LogP contribution is 2.24. The van der Waals surface area contributed by atoms with Gasteiger partial charge in [-0.25, -0.2) is 4.39 Å². The number of hydrogen-bond donors (Lipinski definition) is 0. The molecule has 0 atom stereocenters. The molecule has 108 valence electrons. The first-order valence-electron chi connectivity index (χ1n) is 6.82. The molecular weight excluding hydrogens is 265 g/mol. The lowest BCUT2D eigenvalue weighted by atomic mass is 9.86. The lowest BCUT2D eigenvalue weighted by Crippen LogP contribution is -2.11. The Balaban J connectivity index is 2.12. The normalized spacial score (nSPS) is 11.0. The van der Waals surface area contributed by atoms with Gasteiger partial charge in [-0.1, -0.05) is 45.0 Å². The van der Waals surface area contributed by atoms with Gasteiger partial charge in [0, 0.05) is 0 Å². The second-order valence-electron chi connectivity index (χ2n) is 6.00. The molecule has 2 aromatic carbocycles. The van der Waals surface area contributed by atoms with Crippen molar-refractivity contribution in [2.45, 2.75) is 32.8 Å². The van der Waals surface area contributed by atoms with Crippen LogP contribution in [0.4, 0.5) is 4.39 Å². The molecular formula is C18H18FNO. The Morgan fingerprint density at radius 3 is 2.52 bits per heavy atom. The predicted octanol–water partition coefficient (Wildman–Crippen LogP) is 4.57. The van der Waals surface area contributed by atoms with Gasteiger partial charge in [-0.2, -0.15) is 5.26 Å². The average molecular weight is 283 g/mol. The van der Waals surface area contributed by atoms with Crippen molar-refractivity contribution < 1.29 is 9.13 Å². The molecule has 0 N–H and O–H groups in total. The first-order valence-corrected chi connectivity index (χ1v) is 6.82. The first kappa shape index (κ1) is 15.1. The van der Waals surface area contributed by atoms with Gasteiger partial charge >= 0.3 is 0 Å². The molecule has 0 fully saturated rings. The Morgan fingerprint density at radius 1 is 1.14 bits per heavy atom. The maximum atomic E-state index is 13.7. The Bertz CT molecular complexity index is 680. The van der Waals surface area contributed by atoms with Gasteiger partial charge in [-0.15, -0.1) is 0 Å². The smallest absolute Gasteiger partial charge is 0.166 e. The number of rotatable bonds is 3. The largest absolute Gasteiger partial charge is 0.486 e. The van der Waals surface area contributed by atoms with E-state index in [1.54, 1.807) is 6.07 Å². The van der Waals surface area contributed by atoms with Crippen LogP contribution in [-0.2, 0) is 12.0 Å². The molecule has 0 aliphatic rings. The summed E-state index contributed by atoms with van der Waals surface area (Å²) in [6, 6.07) is 14.2. The van der Waals surface area contributed by atoms with Gasteiger partial charge in [-0.05, 0) is 34.7 Å². The summed E-state index contributed by atoms with van der Waals surface area (Å²) >= 11 is 0. The number of halogens is 1. The molecule has 21 heavy (non-hydrogen) atoms. The highest BCUT2D eigenvalue weighted by atomic mass is 19.1. The van der Waals surface area contributed by atoms with Crippen LogP contribution in [0.5, 0.6) is 5.75 Å². The minimum atomic E-state index is -0.513. The SMILES string of the molecule is CC(C)(C)c1cccc(COc2ccc(C#N)cc2F)c1. The van der Waals surface area contributed by atoms with Crippen LogP contribution in [0.15, 0.2) is 42.5 Å². The van der Waals surface area contributed by atoms with Crippen LogP contribution in [0.3, 0.4) is 0 Å². The van der Waals surface area contributed by atoms with E-state index in [-0.39, 0.29) is 16.7 Å². The molecule has 2 nitrogen and oxygen atoms in total. The molecule has 0 spiro atoms. The quantitative estimate of drug-likeness (QED) is 0.826. The Kier molecular flexibility index (Phi) is 4.28. The molecule has 2 aromatic rings. The maximum absolute atomic E-state index is 13.7. The van der Waals surface area contributed by atoms with Crippen LogP contribution >= 0.6 is 0 Å². The van der Waals surface area contributed by atoms with Crippen molar-refractivity contribution in [3.63, 3.8) is 0 Å². The molecule has 0 aliphatic carbocycles. The van der Waals surface area contributed by atoms with Crippen LogP contribution in [0, 0.1) is 17.1 Å². The van der Waals surface area contributed by atoms with Crippen LogP contribution in [-0.4, -0.2) is 0 Å². The number of hydrogen-bond acceptors (Lipinski definition) is 2. The van der Waals surface area contributed by atoms with Crippen molar-refractivity contribution >= 4 is 0 Å². The van der Waals surface area contributed by atoms with E-state index >= 15 is 0 Å². The third-order valence-electron chi connectivity index (χ3n) is 3.25. The summed E-state index contributed by atoms with van der Waals surface area (Å²) in [6.07, 6.45) is 0. The van der Waals surface area contributed by atoms with Crippen molar-refractivity contribution in [3.05, 3.63) is 65.0 Å². The fourth-order valence-electron chi connectivity index (χ4n) is 1.98. The lowest BCUT2D eigenvalue weighted by molar-refractivity contribution is 0.290. The van der Waals surface area contributed by atoms with Gasteiger partial charge in [0.25, 0.3) is 0 Å². The zero-order valence-corrected chi connectivity index (χ0v) is 12.5. The van der Waals surface area contributed by atoms with Crippen LogP contribution in [0.25, 0.3) is 0 Å². The standard InChI is InChI=1S/C18H18FNO/c1-18(2,3)15-6-4-5-14(9-15)12-21-17-8-7-13(11-20)10-16(17)19/h4-10H,12H2,1-3H3. The third kappa shape index (κ3) is 3.82. The molecule has 0 aliphatic heterocycles. The van der Waals surface area contributed by atoms with E-state index in [4.69, 9.17) is 10.00 Å². The maximum Gasteiger partial charge on any atom is 0.166 e. The highest BCUT2D eigenvalue weighted by Gasteiger charge is 2.13. The van der Waals surface area contributed by atoms with Gasteiger partial charge in [0.15, 0.2) is 11.6 Å². The van der Waals surface area contributed by atoms with Gasteiger partial charge in [-0.3, -0.25) is 0 Å². The number of benzene rings is 2. The van der Waals surface area contributed by atoms with Gasteiger partial charge in [0.2, 0.25) is 0 Å². The van der Waals surface area contributed by atoms with E-state index in [2.05, 4.69) is 32.9 Å². The Labute approximate surface area is 124 Å². The predicted molar refractivity (Wildman–Crippen MR) is 80.6 cm³/mol. The second-order valence-corrected chi connectivity index (χ2v) is 6.00. The molecule has 3 heteroatoms. The summed E-state index contributed by atoms with van der Waals surface area (Å²) in [5.74, 6) is -0.351. The van der Waals surface area contributed by atoms with E-state index in [1.165, 1.54) is 17.7 Å². The third-order valence-corrected chi connectivity index (χ3v) is 3.25. The van der Waals surface area contributed by atoms with Crippen molar-refractivity contribution in [1.82, 2.24) is 0 Å². The Morgan fingerprint density at radius 2 is 1.90 bits per heavy atom. The Hall–Kier alpha value is -2.34. The van der Waals surface area contributed by atoms with Crippen LogP contribution in [0.1, 0.15) is 37.5 Å². The second kappa shape index (κ2) is 5.97. The van der Waals surface area contributed by atoms with Crippen LogP contribution < -0.4 is 4.74 Å². The molecule has 2 rings (SSSR count). The first-order chi connectivity index (χ1) is 9.90. The van der Waals surface area contributed by atoms with E-state index < -0.39 is 5.82 Å². The molecule has 0 bridgehead atoms. The molecule has 0 radical (unpaired) electrons. The minimum Gasteiger partial charge on any atom is -0.486 e. The summed E-state index contributed by atoms with van der Waals surface area (Å²) in [4.78, 5) is 0. The van der Waals surface area contributed by atoms with Gasteiger partial charge < -0.3 is 4.74 Å². The summed E-state index contributed by atoms with van der Waals surface area (Å²) in [6.45, 7) is 6.74. The zero-order valence-electron chi connectivity index (χ0n) is 12.5. The summed E-state index contributed by atoms with van der Waals surface area (Å²) in [5, 5.41) is 8.71. The molecule has 0 aromatic heterocycles. The van der Waals surface area contributed by atoms with Crippen molar-refractivity contribution in [1.29, 1.82) is 5.26 Å². The van der Waals surface area contributed by atoms with Crippen molar-refractivity contribution in [3.8, 4) is 11.8 Å². The average Bonchev–Trinajstić information content (AvgIpc) is 2.45. The highest BCUT2D eigenvalue weighted by molar-refractivity contribution is 5.36. The molecule has 0 saturated carbocycles. The van der Waals surface area contributed by atoms with Crippen molar-refractivity contribution in [2.24, 2.45) is 0 Å². The molecule has 0 saturated heterocycles. The van der Waals surface area contributed by atoms with Crippen molar-refractivity contribution in [2.75, 3.05) is 0 Å². The summed E-state index contributed by atoms with van der Waals surface area (Å²) in [7, 11) is 0. The minimum absolute atomic E-state index is 0.0652. The molecule has 0 amide bonds. The number of nitrogens with zero attached hydrogens (tertiary/aromatic N) is 1. The van der Waals surface area contributed by atoms with Crippen LogP contribution in [0.2, 0.25) is 0 Å². The van der Waals surface area contributed by atoms with Gasteiger partial charge in [0.1, 0.15) is 6.61 Å². The fourth-order valence-corrected chi connectivity index (χ4v) is 1.98. The molecule has 0 heterocycles. The fraction of sp³-hybridized carbons (Fsp3) is 0.278. The zero-order chi connectivity index (χ0) is 15.5.